The highest BCUT2D eigenvalue weighted by Crippen LogP contribution is 2.24. The number of nitrogens with zero attached hydrogens (tertiary/aromatic N) is 2. The maximum absolute atomic E-state index is 4.57. The van der Waals surface area contributed by atoms with Crippen molar-refractivity contribution in [2.45, 2.75) is 32.7 Å². The molecule has 19 heavy (non-hydrogen) atoms. The molecule has 3 nitrogen and oxygen atoms in total. The fraction of sp³-hybridized carbons (Fsp3) is 0.400. The van der Waals surface area contributed by atoms with Crippen LogP contribution in [0.2, 0.25) is 0 Å². The standard InChI is InChI=1S/C15H20BrN3/c1-15(2,3)11-5-7-12(8-6-11)19-10-13(16)14(18-19)9-17-4/h5-8,10,17H,9H2,1-4H3. The summed E-state index contributed by atoms with van der Waals surface area (Å²) in [6, 6.07) is 8.57. The maximum atomic E-state index is 4.57. The lowest BCUT2D eigenvalue weighted by Gasteiger charge is -2.19. The lowest BCUT2D eigenvalue weighted by molar-refractivity contribution is 0.590. The number of hydrogen-bond donors (Lipinski definition) is 1. The quantitative estimate of drug-likeness (QED) is 0.935. The molecule has 0 amide bonds. The summed E-state index contributed by atoms with van der Waals surface area (Å²) in [4.78, 5) is 0. The van der Waals surface area contributed by atoms with Crippen LogP contribution in [0.4, 0.5) is 0 Å². The minimum atomic E-state index is 0.181. The van der Waals surface area contributed by atoms with E-state index in [1.807, 2.05) is 17.9 Å². The lowest BCUT2D eigenvalue weighted by atomic mass is 9.87. The summed E-state index contributed by atoms with van der Waals surface area (Å²) in [5.41, 5.74) is 3.61. The molecule has 2 rings (SSSR count). The molecule has 0 unspecified atom stereocenters. The third kappa shape index (κ3) is 3.25. The summed E-state index contributed by atoms with van der Waals surface area (Å²) in [6.45, 7) is 7.42. The van der Waals surface area contributed by atoms with Gasteiger partial charge in [-0.3, -0.25) is 0 Å². The zero-order valence-corrected chi connectivity index (χ0v) is 13.5. The monoisotopic (exact) mass is 321 g/mol. The van der Waals surface area contributed by atoms with Gasteiger partial charge >= 0.3 is 0 Å². The topological polar surface area (TPSA) is 29.9 Å². The van der Waals surface area contributed by atoms with Crippen molar-refractivity contribution in [3.63, 3.8) is 0 Å². The van der Waals surface area contributed by atoms with E-state index in [2.05, 4.69) is 71.4 Å². The lowest BCUT2D eigenvalue weighted by Crippen LogP contribution is -2.11. The third-order valence-electron chi connectivity index (χ3n) is 3.08. The first kappa shape index (κ1) is 14.3. The molecule has 0 radical (unpaired) electrons. The van der Waals surface area contributed by atoms with Crippen LogP contribution in [0.3, 0.4) is 0 Å². The normalized spacial score (nSPS) is 11.8. The van der Waals surface area contributed by atoms with Gasteiger partial charge in [-0.1, -0.05) is 32.9 Å². The maximum Gasteiger partial charge on any atom is 0.0908 e. The van der Waals surface area contributed by atoms with Gasteiger partial charge < -0.3 is 5.32 Å². The first-order valence-electron chi connectivity index (χ1n) is 6.41. The molecule has 0 saturated heterocycles. The van der Waals surface area contributed by atoms with Crippen LogP contribution in [-0.2, 0) is 12.0 Å². The fourth-order valence-corrected chi connectivity index (χ4v) is 2.34. The molecule has 4 heteroatoms. The Morgan fingerprint density at radius 2 is 1.84 bits per heavy atom. The second kappa shape index (κ2) is 5.47. The molecule has 1 aromatic carbocycles. The van der Waals surface area contributed by atoms with E-state index in [1.54, 1.807) is 0 Å². The van der Waals surface area contributed by atoms with Crippen LogP contribution in [0.1, 0.15) is 32.0 Å². The van der Waals surface area contributed by atoms with E-state index in [1.165, 1.54) is 5.56 Å². The highest BCUT2D eigenvalue weighted by molar-refractivity contribution is 9.10. The number of hydrogen-bond acceptors (Lipinski definition) is 2. The highest BCUT2D eigenvalue weighted by atomic mass is 79.9. The van der Waals surface area contributed by atoms with Crippen molar-refractivity contribution >= 4 is 15.9 Å². The van der Waals surface area contributed by atoms with Crippen LogP contribution >= 0.6 is 15.9 Å². The summed E-state index contributed by atoms with van der Waals surface area (Å²) in [6.07, 6.45) is 2.00. The van der Waals surface area contributed by atoms with Gasteiger partial charge in [-0.25, -0.2) is 4.68 Å². The predicted molar refractivity (Wildman–Crippen MR) is 82.7 cm³/mol. The molecule has 2 aromatic rings. The zero-order valence-electron chi connectivity index (χ0n) is 11.9. The van der Waals surface area contributed by atoms with Crippen molar-refractivity contribution in [3.05, 3.63) is 46.2 Å². The summed E-state index contributed by atoms with van der Waals surface area (Å²) < 4.78 is 2.94. The molecule has 0 aliphatic carbocycles. The summed E-state index contributed by atoms with van der Waals surface area (Å²) in [5, 5.41) is 7.68. The molecule has 0 saturated carbocycles. The minimum absolute atomic E-state index is 0.181. The van der Waals surface area contributed by atoms with Crippen LogP contribution in [-0.4, -0.2) is 16.8 Å². The van der Waals surface area contributed by atoms with Crippen LogP contribution < -0.4 is 5.32 Å². The van der Waals surface area contributed by atoms with Gasteiger partial charge in [0.1, 0.15) is 0 Å². The van der Waals surface area contributed by atoms with Crippen molar-refractivity contribution < 1.29 is 0 Å². The Morgan fingerprint density at radius 3 is 2.37 bits per heavy atom. The average Bonchev–Trinajstić information content (AvgIpc) is 2.71. The molecule has 0 bridgehead atoms. The minimum Gasteiger partial charge on any atom is -0.314 e. The van der Waals surface area contributed by atoms with Crippen molar-refractivity contribution in [1.29, 1.82) is 0 Å². The fourth-order valence-electron chi connectivity index (χ4n) is 1.92. The number of nitrogens with one attached hydrogen (secondary N) is 1. The molecular weight excluding hydrogens is 302 g/mol. The van der Waals surface area contributed by atoms with E-state index in [4.69, 9.17) is 0 Å². The first-order chi connectivity index (χ1) is 8.91. The molecule has 0 aliphatic rings. The predicted octanol–water partition coefficient (Wildman–Crippen LogP) is 3.65. The van der Waals surface area contributed by atoms with E-state index in [0.717, 1.165) is 22.4 Å². The van der Waals surface area contributed by atoms with E-state index in [-0.39, 0.29) is 5.41 Å². The molecule has 0 fully saturated rings. The second-order valence-electron chi connectivity index (χ2n) is 5.70. The van der Waals surface area contributed by atoms with E-state index in [9.17, 15) is 0 Å². The Morgan fingerprint density at radius 1 is 1.21 bits per heavy atom. The summed E-state index contributed by atoms with van der Waals surface area (Å²) >= 11 is 3.54. The van der Waals surface area contributed by atoms with Gasteiger partial charge in [-0.2, -0.15) is 5.10 Å². The SMILES string of the molecule is CNCc1nn(-c2ccc(C(C)(C)C)cc2)cc1Br. The Hall–Kier alpha value is -1.13. The van der Waals surface area contributed by atoms with E-state index in [0.29, 0.717) is 0 Å². The van der Waals surface area contributed by atoms with Gasteiger partial charge in [0, 0.05) is 12.7 Å². The van der Waals surface area contributed by atoms with Gasteiger partial charge in [-0.15, -0.1) is 0 Å². The molecule has 0 atom stereocenters. The average molecular weight is 322 g/mol. The molecular formula is C15H20BrN3. The largest absolute Gasteiger partial charge is 0.314 e. The van der Waals surface area contributed by atoms with Crippen molar-refractivity contribution in [2.24, 2.45) is 0 Å². The van der Waals surface area contributed by atoms with Gasteiger partial charge in [0.15, 0.2) is 0 Å². The van der Waals surface area contributed by atoms with Gasteiger partial charge in [-0.05, 0) is 46.1 Å². The van der Waals surface area contributed by atoms with Crippen molar-refractivity contribution in [2.75, 3.05) is 7.05 Å². The number of rotatable bonds is 3. The molecule has 1 N–H and O–H groups in total. The molecule has 102 valence electrons. The Kier molecular flexibility index (Phi) is 4.11. The first-order valence-corrected chi connectivity index (χ1v) is 7.20. The zero-order chi connectivity index (χ0) is 14.0. The Balaban J connectivity index is 2.30. The van der Waals surface area contributed by atoms with Crippen LogP contribution in [0.5, 0.6) is 0 Å². The third-order valence-corrected chi connectivity index (χ3v) is 3.74. The molecule has 1 aromatic heterocycles. The van der Waals surface area contributed by atoms with E-state index < -0.39 is 0 Å². The van der Waals surface area contributed by atoms with Gasteiger partial charge in [0.2, 0.25) is 0 Å². The van der Waals surface area contributed by atoms with Gasteiger partial charge in [0.05, 0.1) is 15.9 Å². The number of aromatic nitrogens is 2. The number of benzene rings is 1. The Labute approximate surface area is 123 Å². The van der Waals surface area contributed by atoms with Crippen LogP contribution in [0, 0.1) is 0 Å². The molecule has 1 heterocycles. The molecule has 0 spiro atoms. The van der Waals surface area contributed by atoms with E-state index >= 15 is 0 Å². The highest BCUT2D eigenvalue weighted by Gasteiger charge is 2.13. The Bertz CT molecular complexity index is 550. The molecule has 0 aliphatic heterocycles. The van der Waals surface area contributed by atoms with Crippen LogP contribution in [0.15, 0.2) is 34.9 Å². The van der Waals surface area contributed by atoms with Crippen molar-refractivity contribution in [3.8, 4) is 5.69 Å². The summed E-state index contributed by atoms with van der Waals surface area (Å²) in [7, 11) is 1.92. The smallest absolute Gasteiger partial charge is 0.0908 e. The van der Waals surface area contributed by atoms with Gasteiger partial charge in [0.25, 0.3) is 0 Å². The number of halogens is 1. The summed E-state index contributed by atoms with van der Waals surface area (Å²) in [5.74, 6) is 0. The van der Waals surface area contributed by atoms with Crippen LogP contribution in [0.25, 0.3) is 5.69 Å². The van der Waals surface area contributed by atoms with Crippen molar-refractivity contribution in [1.82, 2.24) is 15.1 Å². The second-order valence-corrected chi connectivity index (χ2v) is 6.55.